The van der Waals surface area contributed by atoms with Crippen molar-refractivity contribution >= 4 is 31.5 Å². The van der Waals surface area contributed by atoms with E-state index in [1.807, 2.05) is 71.2 Å². The maximum Gasteiger partial charge on any atom is 0.0702 e. The second-order valence-corrected chi connectivity index (χ2v) is 5.61. The van der Waals surface area contributed by atoms with Crippen LogP contribution in [0.5, 0.6) is 0 Å². The van der Waals surface area contributed by atoms with Crippen LogP contribution in [0.1, 0.15) is 41.5 Å². The number of thiophene rings is 1. The Morgan fingerprint density at radius 1 is 0.640 bits per heavy atom. The Labute approximate surface area is 156 Å². The highest BCUT2D eigenvalue weighted by atomic mass is 32.1. The summed E-state index contributed by atoms with van der Waals surface area (Å²) in [5.74, 6) is 0. The maximum atomic E-state index is 4.41. The lowest BCUT2D eigenvalue weighted by Crippen LogP contribution is -1.80. The second kappa shape index (κ2) is 11.4. The van der Waals surface area contributed by atoms with Crippen molar-refractivity contribution in [1.82, 2.24) is 4.98 Å². The quantitative estimate of drug-likeness (QED) is 0.337. The standard InChI is InChI=1S/C17H11NS.3C2H6/c1-2-7-16-13(5-1)14-9-8-12(11-17(14)19-16)15-6-3-4-10-18-15;3*1-2/h1-11H;3*1-2H3. The number of hydrogen-bond acceptors (Lipinski definition) is 2. The fourth-order valence-corrected chi connectivity index (χ4v) is 3.56. The molecule has 0 amide bonds. The number of aromatic nitrogens is 1. The summed E-state index contributed by atoms with van der Waals surface area (Å²) in [6, 6.07) is 21.2. The van der Waals surface area contributed by atoms with Crippen LogP contribution in [0.3, 0.4) is 0 Å². The third-order valence-corrected chi connectivity index (χ3v) is 4.47. The molecule has 4 rings (SSSR count). The van der Waals surface area contributed by atoms with Crippen LogP contribution in [0.2, 0.25) is 0 Å². The van der Waals surface area contributed by atoms with Gasteiger partial charge in [-0.25, -0.2) is 0 Å². The Balaban J connectivity index is 0.000000475. The van der Waals surface area contributed by atoms with E-state index in [-0.39, 0.29) is 0 Å². The molecule has 0 atom stereocenters. The molecule has 0 N–H and O–H groups in total. The van der Waals surface area contributed by atoms with E-state index < -0.39 is 0 Å². The molecule has 0 spiro atoms. The Bertz CT molecular complexity index is 863. The zero-order valence-corrected chi connectivity index (χ0v) is 17.0. The van der Waals surface area contributed by atoms with Crippen LogP contribution in [0.25, 0.3) is 31.4 Å². The summed E-state index contributed by atoms with van der Waals surface area (Å²) in [6.07, 6.45) is 1.84. The minimum atomic E-state index is 1.03. The molecule has 0 aliphatic carbocycles. The molecule has 0 fully saturated rings. The van der Waals surface area contributed by atoms with Crippen molar-refractivity contribution in [3.63, 3.8) is 0 Å². The monoisotopic (exact) mass is 351 g/mol. The van der Waals surface area contributed by atoms with Crippen LogP contribution in [0, 0.1) is 0 Å². The fraction of sp³-hybridized carbons (Fsp3) is 0.261. The Morgan fingerprint density at radius 2 is 1.28 bits per heavy atom. The van der Waals surface area contributed by atoms with Crippen molar-refractivity contribution in [1.29, 1.82) is 0 Å². The molecule has 2 heteroatoms. The molecule has 0 saturated heterocycles. The molecule has 2 heterocycles. The van der Waals surface area contributed by atoms with Gasteiger partial charge in [0.1, 0.15) is 0 Å². The van der Waals surface area contributed by atoms with Crippen LogP contribution in [-0.2, 0) is 0 Å². The predicted octanol–water partition coefficient (Wildman–Crippen LogP) is 8.20. The third-order valence-electron chi connectivity index (χ3n) is 3.34. The lowest BCUT2D eigenvalue weighted by atomic mass is 10.1. The smallest absolute Gasteiger partial charge is 0.0702 e. The van der Waals surface area contributed by atoms with Gasteiger partial charge in [-0.3, -0.25) is 4.98 Å². The minimum Gasteiger partial charge on any atom is -0.256 e. The molecule has 2 aromatic heterocycles. The highest BCUT2D eigenvalue weighted by molar-refractivity contribution is 7.25. The first-order valence-corrected chi connectivity index (χ1v) is 10.1. The van der Waals surface area contributed by atoms with Crippen LogP contribution in [0.15, 0.2) is 66.9 Å². The molecule has 0 radical (unpaired) electrons. The summed E-state index contributed by atoms with van der Waals surface area (Å²) < 4.78 is 2.67. The van der Waals surface area contributed by atoms with E-state index in [4.69, 9.17) is 0 Å². The predicted molar refractivity (Wildman–Crippen MR) is 117 cm³/mol. The van der Waals surface area contributed by atoms with Crippen LogP contribution in [0.4, 0.5) is 0 Å². The molecule has 1 nitrogen and oxygen atoms in total. The molecule has 0 unspecified atom stereocenters. The second-order valence-electron chi connectivity index (χ2n) is 4.52. The van der Waals surface area contributed by atoms with Gasteiger partial charge >= 0.3 is 0 Å². The Hall–Kier alpha value is -2.19. The lowest BCUT2D eigenvalue weighted by molar-refractivity contribution is 1.33. The molecular weight excluding hydrogens is 322 g/mol. The van der Waals surface area contributed by atoms with Gasteiger partial charge in [-0.15, -0.1) is 11.3 Å². The number of pyridine rings is 1. The van der Waals surface area contributed by atoms with Gasteiger partial charge in [0, 0.05) is 31.9 Å². The van der Waals surface area contributed by atoms with Gasteiger partial charge in [-0.2, -0.15) is 0 Å². The number of benzene rings is 2. The van der Waals surface area contributed by atoms with Crippen LogP contribution >= 0.6 is 11.3 Å². The van der Waals surface area contributed by atoms with Crippen LogP contribution < -0.4 is 0 Å². The molecule has 25 heavy (non-hydrogen) atoms. The lowest BCUT2D eigenvalue weighted by Gasteiger charge is -2.00. The largest absolute Gasteiger partial charge is 0.256 e. The molecular formula is C23H29NS. The topological polar surface area (TPSA) is 12.9 Å². The van der Waals surface area contributed by atoms with Crippen molar-refractivity contribution in [2.45, 2.75) is 41.5 Å². The zero-order chi connectivity index (χ0) is 18.7. The van der Waals surface area contributed by atoms with E-state index in [0.717, 1.165) is 5.69 Å². The highest BCUT2D eigenvalue weighted by Gasteiger charge is 2.06. The van der Waals surface area contributed by atoms with E-state index in [9.17, 15) is 0 Å². The number of nitrogens with zero attached hydrogens (tertiary/aromatic N) is 1. The van der Waals surface area contributed by atoms with E-state index in [1.165, 1.54) is 25.7 Å². The SMILES string of the molecule is CC.CC.CC.c1ccc(-c2ccc3c(c2)sc2ccccc23)nc1. The first-order chi connectivity index (χ1) is 12.4. The normalized spacial score (nSPS) is 9.20. The summed E-state index contributed by atoms with van der Waals surface area (Å²) in [6.45, 7) is 12.0. The zero-order valence-electron chi connectivity index (χ0n) is 16.2. The van der Waals surface area contributed by atoms with Crippen molar-refractivity contribution in [2.24, 2.45) is 0 Å². The molecule has 0 saturated carbocycles. The average molecular weight is 352 g/mol. The molecule has 0 bridgehead atoms. The van der Waals surface area contributed by atoms with Gasteiger partial charge in [-0.1, -0.05) is 77.9 Å². The van der Waals surface area contributed by atoms with Crippen LogP contribution in [-0.4, -0.2) is 4.98 Å². The van der Waals surface area contributed by atoms with Crippen molar-refractivity contribution in [3.8, 4) is 11.3 Å². The molecule has 4 aromatic rings. The van der Waals surface area contributed by atoms with Gasteiger partial charge in [0.15, 0.2) is 0 Å². The molecule has 2 aromatic carbocycles. The fourth-order valence-electron chi connectivity index (χ4n) is 2.42. The Kier molecular flexibility index (Phi) is 9.49. The van der Waals surface area contributed by atoms with Crippen molar-refractivity contribution in [2.75, 3.05) is 0 Å². The van der Waals surface area contributed by atoms with Gasteiger partial charge < -0.3 is 0 Å². The molecule has 132 valence electrons. The third kappa shape index (κ3) is 4.90. The van der Waals surface area contributed by atoms with Gasteiger partial charge in [0.05, 0.1) is 5.69 Å². The average Bonchev–Trinajstić information content (AvgIpc) is 3.11. The number of rotatable bonds is 1. The minimum absolute atomic E-state index is 1.03. The summed E-state index contributed by atoms with van der Waals surface area (Å²) in [4.78, 5) is 4.41. The first kappa shape index (κ1) is 20.9. The maximum absolute atomic E-state index is 4.41. The van der Waals surface area contributed by atoms with E-state index in [2.05, 4.69) is 53.5 Å². The van der Waals surface area contributed by atoms with Crippen molar-refractivity contribution in [3.05, 3.63) is 66.9 Å². The summed E-state index contributed by atoms with van der Waals surface area (Å²) in [5.41, 5.74) is 2.21. The summed E-state index contributed by atoms with van der Waals surface area (Å²) in [7, 11) is 0. The summed E-state index contributed by atoms with van der Waals surface area (Å²) in [5, 5.41) is 2.68. The molecule has 0 aliphatic rings. The number of hydrogen-bond donors (Lipinski definition) is 0. The number of fused-ring (bicyclic) bond motifs is 3. The molecule has 0 aliphatic heterocycles. The van der Waals surface area contributed by atoms with E-state index in [1.54, 1.807) is 0 Å². The van der Waals surface area contributed by atoms with E-state index >= 15 is 0 Å². The highest BCUT2D eigenvalue weighted by Crippen LogP contribution is 2.35. The van der Waals surface area contributed by atoms with Crippen molar-refractivity contribution < 1.29 is 0 Å². The van der Waals surface area contributed by atoms with Gasteiger partial charge in [-0.05, 0) is 24.3 Å². The van der Waals surface area contributed by atoms with Gasteiger partial charge in [0.2, 0.25) is 0 Å². The summed E-state index contributed by atoms with van der Waals surface area (Å²) >= 11 is 1.84. The Morgan fingerprint density at radius 3 is 1.96 bits per heavy atom. The van der Waals surface area contributed by atoms with E-state index in [0.29, 0.717) is 0 Å². The first-order valence-electron chi connectivity index (χ1n) is 9.24. The van der Waals surface area contributed by atoms with Gasteiger partial charge in [0.25, 0.3) is 0 Å².